The average Bonchev–Trinajstić information content (AvgIpc) is 3.87. The maximum Gasteiger partial charge on any atom is 0.164 e. The van der Waals surface area contributed by atoms with Gasteiger partial charge in [-0.3, -0.25) is 0 Å². The summed E-state index contributed by atoms with van der Waals surface area (Å²) in [4.78, 5) is 17.7. The van der Waals surface area contributed by atoms with Crippen molar-refractivity contribution in [1.29, 1.82) is 0 Å². The van der Waals surface area contributed by atoms with Gasteiger partial charge in [0.1, 0.15) is 0 Å². The number of aromatic nitrogens is 4. The zero-order valence-corrected chi connectivity index (χ0v) is 44.2. The third kappa shape index (κ3) is 8.47. The number of rotatable bonds is 6. The van der Waals surface area contributed by atoms with Crippen LogP contribution in [0.25, 0.3) is 72.8 Å². The van der Waals surface area contributed by atoms with Crippen molar-refractivity contribution in [3.8, 4) is 51.0 Å². The molecular formula is C67H67N5. The molecule has 0 bridgehead atoms. The maximum absolute atomic E-state index is 5.10. The first-order valence-corrected chi connectivity index (χ1v) is 25.8. The Kier molecular flexibility index (Phi) is 11.2. The van der Waals surface area contributed by atoms with Crippen LogP contribution >= 0.6 is 0 Å². The average molecular weight is 942 g/mol. The number of anilines is 2. The molecule has 7 aromatic carbocycles. The summed E-state index contributed by atoms with van der Waals surface area (Å²) in [5.74, 6) is 2.19. The minimum atomic E-state index is -0.00474. The molecule has 0 amide bonds. The maximum atomic E-state index is 5.10. The molecule has 1 aliphatic carbocycles. The fourth-order valence-corrected chi connectivity index (χ4v) is 10.7. The van der Waals surface area contributed by atoms with Crippen LogP contribution in [-0.4, -0.2) is 19.5 Å². The van der Waals surface area contributed by atoms with Gasteiger partial charge in [0, 0.05) is 56.0 Å². The van der Waals surface area contributed by atoms with Crippen LogP contribution in [0.5, 0.6) is 0 Å². The Balaban J connectivity index is 1.14. The van der Waals surface area contributed by atoms with E-state index in [1.807, 2.05) is 36.4 Å². The van der Waals surface area contributed by atoms with Gasteiger partial charge in [0.2, 0.25) is 0 Å². The van der Waals surface area contributed by atoms with Crippen molar-refractivity contribution >= 4 is 33.2 Å². The van der Waals surface area contributed by atoms with Gasteiger partial charge in [0.05, 0.1) is 16.7 Å². The molecule has 1 unspecified atom stereocenters. The number of allylic oxidation sites excluding steroid dienone is 4. The van der Waals surface area contributed by atoms with Gasteiger partial charge in [0.15, 0.2) is 17.5 Å². The van der Waals surface area contributed by atoms with Gasteiger partial charge in [-0.25, -0.2) is 15.0 Å². The summed E-state index contributed by atoms with van der Waals surface area (Å²) in [6.45, 7) is 27.9. The lowest BCUT2D eigenvalue weighted by molar-refractivity contribution is 0.470. The topological polar surface area (TPSA) is 46.8 Å². The summed E-state index contributed by atoms with van der Waals surface area (Å²) in [5, 5.41) is 2.54. The normalized spacial score (nSPS) is 15.2. The van der Waals surface area contributed by atoms with Crippen molar-refractivity contribution < 1.29 is 0 Å². The lowest BCUT2D eigenvalue weighted by Crippen LogP contribution is -2.19. The van der Waals surface area contributed by atoms with Gasteiger partial charge in [-0.15, -0.1) is 0 Å². The summed E-state index contributed by atoms with van der Waals surface area (Å²) in [7, 11) is 0. The molecule has 2 aliphatic rings. The third-order valence-corrected chi connectivity index (χ3v) is 15.1. The van der Waals surface area contributed by atoms with Crippen molar-refractivity contribution in [3.05, 3.63) is 203 Å². The SMILES string of the molecule is CC(C)(C)C1=CC=C2C(C1)c1cc(C(C)(C)C)ccc1N2c1ccc(-n2c3ccc(C(C)(C)C)cc3c3cc(C(C)(C)C)ccc32)c(-c2ccc(-c3nc(-c4ccccc4)nc(-c4ccccc4)n3)cc2)c1. The van der Waals surface area contributed by atoms with Crippen LogP contribution in [0.3, 0.4) is 0 Å². The Labute approximate surface area is 427 Å². The standard InChI is InChI=1S/C67H67N5/c1-64(2,3)46-27-32-57-52(37-46)53-38-47(65(4,5)6)28-33-58(53)71(57)50-31-36-56(72-59-34-29-48(66(7,8)9)39-54(59)55-40-49(67(10,11)12)30-35-60(55)72)51(41-50)42-23-25-45(26-24-42)63-69-61(43-19-15-13-16-20-43)68-62(70-63)44-21-17-14-18-22-44/h13-37,39-41,53H,38H2,1-12H3. The summed E-state index contributed by atoms with van der Waals surface area (Å²) < 4.78 is 2.51. The lowest BCUT2D eigenvalue weighted by atomic mass is 9.76. The monoisotopic (exact) mass is 942 g/mol. The van der Waals surface area contributed by atoms with E-state index < -0.39 is 0 Å². The van der Waals surface area contributed by atoms with Gasteiger partial charge in [-0.05, 0) is 111 Å². The number of hydrogen-bond acceptors (Lipinski definition) is 4. The highest BCUT2D eigenvalue weighted by Crippen LogP contribution is 2.55. The van der Waals surface area contributed by atoms with Gasteiger partial charge in [0.25, 0.3) is 0 Å². The van der Waals surface area contributed by atoms with Crippen molar-refractivity contribution in [2.75, 3.05) is 4.90 Å². The molecule has 1 atom stereocenters. The third-order valence-electron chi connectivity index (χ3n) is 15.1. The molecule has 360 valence electrons. The molecule has 0 spiro atoms. The molecule has 11 rings (SSSR count). The summed E-state index contributed by atoms with van der Waals surface area (Å²) in [5.41, 5.74) is 19.3. The molecule has 5 nitrogen and oxygen atoms in total. The van der Waals surface area contributed by atoms with E-state index in [2.05, 4.69) is 226 Å². The zero-order valence-electron chi connectivity index (χ0n) is 44.2. The van der Waals surface area contributed by atoms with E-state index in [4.69, 9.17) is 15.0 Å². The highest BCUT2D eigenvalue weighted by atomic mass is 15.2. The van der Waals surface area contributed by atoms with Crippen LogP contribution in [0.2, 0.25) is 0 Å². The fraction of sp³-hybridized carbons (Fsp3) is 0.269. The van der Waals surface area contributed by atoms with E-state index in [9.17, 15) is 0 Å². The summed E-state index contributed by atoms with van der Waals surface area (Å²) >= 11 is 0. The summed E-state index contributed by atoms with van der Waals surface area (Å²) in [6.07, 6.45) is 5.80. The lowest BCUT2D eigenvalue weighted by Gasteiger charge is -2.31. The van der Waals surface area contributed by atoms with E-state index in [1.54, 1.807) is 0 Å². The number of nitrogens with zero attached hydrogens (tertiary/aromatic N) is 5. The van der Waals surface area contributed by atoms with Crippen LogP contribution < -0.4 is 4.90 Å². The van der Waals surface area contributed by atoms with Gasteiger partial charge >= 0.3 is 0 Å². The molecule has 5 heteroatoms. The largest absolute Gasteiger partial charge is 0.313 e. The molecule has 0 fully saturated rings. The van der Waals surface area contributed by atoms with Crippen molar-refractivity contribution in [2.24, 2.45) is 5.41 Å². The van der Waals surface area contributed by atoms with Crippen molar-refractivity contribution in [3.63, 3.8) is 0 Å². The minimum Gasteiger partial charge on any atom is -0.313 e. The summed E-state index contributed by atoms with van der Waals surface area (Å²) in [6, 6.07) is 57.9. The Morgan fingerprint density at radius 3 is 1.38 bits per heavy atom. The van der Waals surface area contributed by atoms with E-state index >= 15 is 0 Å². The first-order valence-electron chi connectivity index (χ1n) is 25.8. The molecule has 0 N–H and O–H groups in total. The molecular weight excluding hydrogens is 875 g/mol. The van der Waals surface area contributed by atoms with Gasteiger partial charge < -0.3 is 9.47 Å². The molecule has 3 heterocycles. The first kappa shape index (κ1) is 47.0. The number of fused-ring (bicyclic) bond motifs is 6. The van der Waals surface area contributed by atoms with Crippen LogP contribution in [0.1, 0.15) is 118 Å². The molecule has 0 saturated carbocycles. The Hall–Kier alpha value is -7.37. The van der Waals surface area contributed by atoms with E-state index in [0.29, 0.717) is 17.5 Å². The minimum absolute atomic E-state index is 0.00474. The molecule has 0 saturated heterocycles. The highest BCUT2D eigenvalue weighted by molar-refractivity contribution is 6.10. The Morgan fingerprint density at radius 1 is 0.417 bits per heavy atom. The van der Waals surface area contributed by atoms with Crippen LogP contribution in [-0.2, 0) is 16.2 Å². The predicted molar refractivity (Wildman–Crippen MR) is 304 cm³/mol. The Morgan fingerprint density at radius 2 is 0.875 bits per heavy atom. The molecule has 9 aromatic rings. The number of benzene rings is 7. The highest BCUT2D eigenvalue weighted by Gasteiger charge is 2.39. The molecule has 72 heavy (non-hydrogen) atoms. The van der Waals surface area contributed by atoms with E-state index in [-0.39, 0.29) is 27.6 Å². The van der Waals surface area contributed by atoms with Crippen LogP contribution in [0.4, 0.5) is 11.4 Å². The molecule has 0 radical (unpaired) electrons. The van der Waals surface area contributed by atoms with Crippen molar-refractivity contribution in [2.45, 2.75) is 112 Å². The zero-order chi connectivity index (χ0) is 50.5. The second kappa shape index (κ2) is 17.2. The predicted octanol–water partition coefficient (Wildman–Crippen LogP) is 18.0. The second-order valence-corrected chi connectivity index (χ2v) is 24.3. The van der Waals surface area contributed by atoms with Crippen molar-refractivity contribution in [1.82, 2.24) is 19.5 Å². The number of hydrogen-bond donors (Lipinski definition) is 0. The first-order chi connectivity index (χ1) is 34.2. The molecule has 2 aromatic heterocycles. The smallest absolute Gasteiger partial charge is 0.164 e. The van der Waals surface area contributed by atoms with E-state index in [0.717, 1.165) is 45.6 Å². The fourth-order valence-electron chi connectivity index (χ4n) is 10.7. The van der Waals surface area contributed by atoms with Gasteiger partial charge in [-0.2, -0.15) is 0 Å². The molecule has 1 aliphatic heterocycles. The second-order valence-electron chi connectivity index (χ2n) is 24.3. The van der Waals surface area contributed by atoms with E-state index in [1.165, 1.54) is 61.0 Å². The van der Waals surface area contributed by atoms with Gasteiger partial charge in [-0.1, -0.05) is 204 Å². The Bertz CT molecular complexity index is 3490. The van der Waals surface area contributed by atoms with Crippen LogP contribution in [0.15, 0.2) is 181 Å². The van der Waals surface area contributed by atoms with Crippen LogP contribution in [0, 0.1) is 5.41 Å². The quantitative estimate of drug-likeness (QED) is 0.167.